The fourth-order valence-corrected chi connectivity index (χ4v) is 7.56. The van der Waals surface area contributed by atoms with Gasteiger partial charge in [-0.25, -0.2) is 0 Å². The van der Waals surface area contributed by atoms with Crippen molar-refractivity contribution in [1.29, 1.82) is 0 Å². The summed E-state index contributed by atoms with van der Waals surface area (Å²) in [6.07, 6.45) is 22.8. The number of esters is 3. The van der Waals surface area contributed by atoms with Gasteiger partial charge >= 0.3 is 17.9 Å². The summed E-state index contributed by atoms with van der Waals surface area (Å²) in [5.41, 5.74) is 10.4. The summed E-state index contributed by atoms with van der Waals surface area (Å²) < 4.78 is 17.7. The van der Waals surface area contributed by atoms with E-state index in [0.717, 1.165) is 141 Å². The topological polar surface area (TPSA) is 82.1 Å². The number of hydrogen-bond donors (Lipinski definition) is 0. The van der Waals surface area contributed by atoms with E-state index in [4.69, 9.17) is 14.2 Å². The molecule has 0 N–H and O–H groups in total. The van der Waals surface area contributed by atoms with E-state index in [1.807, 2.05) is 0 Å². The zero-order chi connectivity index (χ0) is 39.1. The molecule has 1 aliphatic heterocycles. The van der Waals surface area contributed by atoms with Crippen LogP contribution >= 0.6 is 0 Å². The number of carbonyl (C=O) groups excluding carboxylic acids is 3. The number of cyclic esters (lactones) is 2. The number of allylic oxidation sites excluding steroid dienone is 1. The van der Waals surface area contributed by atoms with Gasteiger partial charge in [0.2, 0.25) is 0 Å². The molecule has 2 atom stereocenters. The predicted molar refractivity (Wildman–Crippen MR) is 218 cm³/mol. The van der Waals surface area contributed by atoms with Crippen LogP contribution in [0.25, 0.3) is 0 Å². The first-order chi connectivity index (χ1) is 25.6. The fourth-order valence-electron chi connectivity index (χ4n) is 7.56. The van der Waals surface area contributed by atoms with Crippen molar-refractivity contribution in [3.8, 4) is 0 Å². The fraction of sp³-hybridized carbons (Fsp3) is 0.826. The molecule has 0 bridgehead atoms. The van der Waals surface area contributed by atoms with Crippen LogP contribution in [0.3, 0.4) is 0 Å². The molecule has 0 aromatic carbocycles. The van der Waals surface area contributed by atoms with Crippen LogP contribution < -0.4 is 0 Å². The molecule has 0 spiro atoms. The normalized spacial score (nSPS) is 21.7. The van der Waals surface area contributed by atoms with Crippen LogP contribution in [0.1, 0.15) is 196 Å². The summed E-state index contributed by atoms with van der Waals surface area (Å²) >= 11 is 0. The highest BCUT2D eigenvalue weighted by Crippen LogP contribution is 2.33. The van der Waals surface area contributed by atoms with Crippen LogP contribution in [0.15, 0.2) is 29.3 Å². The van der Waals surface area contributed by atoms with Crippen molar-refractivity contribution in [2.75, 3.05) is 19.8 Å². The van der Waals surface area contributed by atoms with Crippen LogP contribution in [-0.4, -0.2) is 60.8 Å². The lowest BCUT2D eigenvalue weighted by Crippen LogP contribution is -2.42. The van der Waals surface area contributed by atoms with Gasteiger partial charge in [0.15, 0.2) is 0 Å². The SMILES string of the molecule is C=C=C=C=C1C(CCCCC)CCOC(=O)CCCCCCCC(OC(=O)CN(C(C)C)C(C)C)CCCCCCCC(=O)OCCC1CCCCC. The molecular weight excluding hydrogens is 663 g/mol. The second kappa shape index (κ2) is 31.8. The van der Waals surface area contributed by atoms with Crippen LogP contribution in [0.4, 0.5) is 0 Å². The van der Waals surface area contributed by atoms with Crippen molar-refractivity contribution in [1.82, 2.24) is 4.90 Å². The summed E-state index contributed by atoms with van der Waals surface area (Å²) in [6.45, 7) is 17.7. The van der Waals surface area contributed by atoms with Gasteiger partial charge in [0, 0.05) is 24.9 Å². The van der Waals surface area contributed by atoms with Crippen LogP contribution in [0.2, 0.25) is 0 Å². The minimum atomic E-state index is -0.133. The van der Waals surface area contributed by atoms with Crippen molar-refractivity contribution in [2.45, 2.75) is 214 Å². The molecule has 0 saturated carbocycles. The van der Waals surface area contributed by atoms with Gasteiger partial charge in [-0.3, -0.25) is 19.3 Å². The van der Waals surface area contributed by atoms with Crippen LogP contribution in [0, 0.1) is 11.8 Å². The molecular formula is C46H79NO6. The molecule has 1 saturated heterocycles. The van der Waals surface area contributed by atoms with E-state index in [-0.39, 0.29) is 47.9 Å². The zero-order valence-corrected chi connectivity index (χ0v) is 35.1. The highest BCUT2D eigenvalue weighted by Gasteiger charge is 2.24. The molecule has 1 fully saturated rings. The number of ether oxygens (including phenoxy) is 3. The third-order valence-electron chi connectivity index (χ3n) is 10.7. The Morgan fingerprint density at radius 2 is 1.17 bits per heavy atom. The lowest BCUT2D eigenvalue weighted by Gasteiger charge is -2.30. The minimum Gasteiger partial charge on any atom is -0.466 e. The summed E-state index contributed by atoms with van der Waals surface area (Å²) in [5.74, 6) is 0.0418. The number of rotatable bonds is 13. The molecule has 0 amide bonds. The number of unbranched alkanes of at least 4 members (excludes halogenated alkanes) is 4. The first kappa shape index (κ1) is 48.5. The Bertz CT molecular complexity index is 1050. The molecule has 1 heterocycles. The number of nitrogens with zero attached hydrogens (tertiary/aromatic N) is 1. The lowest BCUT2D eigenvalue weighted by molar-refractivity contribution is -0.152. The van der Waals surface area contributed by atoms with Gasteiger partial charge in [0.05, 0.1) is 19.8 Å². The smallest absolute Gasteiger partial charge is 0.320 e. The maximum Gasteiger partial charge on any atom is 0.320 e. The molecule has 1 aliphatic rings. The van der Waals surface area contributed by atoms with Gasteiger partial charge in [0.25, 0.3) is 0 Å². The van der Waals surface area contributed by atoms with Gasteiger partial charge in [0.1, 0.15) is 6.10 Å². The Morgan fingerprint density at radius 3 is 1.60 bits per heavy atom. The average Bonchev–Trinajstić information content (AvgIpc) is 3.11. The number of carbonyl (C=O) groups is 3. The maximum absolute atomic E-state index is 13.0. The molecule has 2 unspecified atom stereocenters. The van der Waals surface area contributed by atoms with E-state index in [1.165, 1.54) is 5.57 Å². The Morgan fingerprint density at radius 1 is 0.717 bits per heavy atom. The predicted octanol–water partition coefficient (Wildman–Crippen LogP) is 11.8. The quantitative estimate of drug-likeness (QED) is 0.0804. The van der Waals surface area contributed by atoms with E-state index in [2.05, 4.69) is 70.2 Å². The molecule has 0 aromatic rings. The summed E-state index contributed by atoms with van der Waals surface area (Å²) in [4.78, 5) is 40.7. The first-order valence-electron chi connectivity index (χ1n) is 21.8. The van der Waals surface area contributed by atoms with Crippen molar-refractivity contribution < 1.29 is 28.6 Å². The zero-order valence-electron chi connectivity index (χ0n) is 35.1. The van der Waals surface area contributed by atoms with Gasteiger partial charge in [-0.15, -0.1) is 0 Å². The standard InChI is InChI=1S/C46H79NO6/c1-8-11-20-26-40-33-35-51-44(48)31-24-18-14-16-22-28-42(53-46(50)37-47(38(4)5)39(6)7)29-23-17-15-19-25-32-45(49)52-36-34-41(27-21-12-9-2)43(40)30-13-10-3/h38-42H,3,8-9,11-12,14-29,31-37H2,1-2,4-7H3. The van der Waals surface area contributed by atoms with Crippen molar-refractivity contribution in [3.05, 3.63) is 29.3 Å². The van der Waals surface area contributed by atoms with Gasteiger partial charge in [-0.2, -0.15) is 0 Å². The monoisotopic (exact) mass is 742 g/mol. The Hall–Kier alpha value is -2.55. The van der Waals surface area contributed by atoms with E-state index in [1.54, 1.807) is 0 Å². The Labute approximate surface area is 325 Å². The molecule has 7 nitrogen and oxygen atoms in total. The minimum absolute atomic E-state index is 0.0672. The lowest BCUT2D eigenvalue weighted by atomic mass is 9.79. The van der Waals surface area contributed by atoms with Crippen molar-refractivity contribution in [2.24, 2.45) is 11.8 Å². The molecule has 304 valence electrons. The molecule has 0 radical (unpaired) electrons. The summed E-state index contributed by atoms with van der Waals surface area (Å²) in [6, 6.07) is 0.555. The maximum atomic E-state index is 13.0. The van der Waals surface area contributed by atoms with Crippen molar-refractivity contribution >= 4 is 17.9 Å². The Balaban J connectivity index is 3.00. The third kappa shape index (κ3) is 24.5. The largest absolute Gasteiger partial charge is 0.466 e. The molecule has 7 heteroatoms. The average molecular weight is 742 g/mol. The van der Waals surface area contributed by atoms with Gasteiger partial charge < -0.3 is 14.2 Å². The second-order valence-corrected chi connectivity index (χ2v) is 15.9. The van der Waals surface area contributed by atoms with Crippen LogP contribution in [0.5, 0.6) is 0 Å². The van der Waals surface area contributed by atoms with Gasteiger partial charge in [-0.1, -0.05) is 102 Å². The van der Waals surface area contributed by atoms with Crippen molar-refractivity contribution in [3.63, 3.8) is 0 Å². The third-order valence-corrected chi connectivity index (χ3v) is 10.7. The molecule has 0 aromatic heterocycles. The highest BCUT2D eigenvalue weighted by molar-refractivity contribution is 5.72. The molecule has 1 rings (SSSR count). The van der Waals surface area contributed by atoms with Gasteiger partial charge in [-0.05, 0) is 122 Å². The number of hydrogen-bond acceptors (Lipinski definition) is 7. The highest BCUT2D eigenvalue weighted by atomic mass is 16.5. The first-order valence-corrected chi connectivity index (χ1v) is 21.8. The second-order valence-electron chi connectivity index (χ2n) is 15.9. The molecule has 53 heavy (non-hydrogen) atoms. The van der Waals surface area contributed by atoms with Crippen LogP contribution in [-0.2, 0) is 28.6 Å². The van der Waals surface area contributed by atoms with E-state index in [0.29, 0.717) is 32.6 Å². The summed E-state index contributed by atoms with van der Waals surface area (Å²) in [7, 11) is 0. The summed E-state index contributed by atoms with van der Waals surface area (Å²) in [5, 5.41) is 0. The molecule has 0 aliphatic carbocycles. The Kier molecular flexibility index (Phi) is 29.1. The van der Waals surface area contributed by atoms with E-state index >= 15 is 0 Å². The van der Waals surface area contributed by atoms with E-state index < -0.39 is 0 Å². The van der Waals surface area contributed by atoms with E-state index in [9.17, 15) is 14.4 Å².